The molecule has 0 saturated heterocycles. The molecule has 0 aliphatic heterocycles. The second-order valence-corrected chi connectivity index (χ2v) is 6.98. The minimum Gasteiger partial charge on any atom is -0.467 e. The Hall–Kier alpha value is -4.71. The summed E-state index contributed by atoms with van der Waals surface area (Å²) in [6.45, 7) is 1.81. The summed E-state index contributed by atoms with van der Waals surface area (Å²) in [4.78, 5) is 30.2. The number of furan rings is 1. The third-order valence-corrected chi connectivity index (χ3v) is 4.75. The molecule has 0 aliphatic rings. The van der Waals surface area contributed by atoms with Crippen LogP contribution in [0.1, 0.15) is 16.9 Å². The molecule has 0 bridgehead atoms. The lowest BCUT2D eigenvalue weighted by Gasteiger charge is -2.12. The van der Waals surface area contributed by atoms with Crippen LogP contribution in [0.5, 0.6) is 11.6 Å². The van der Waals surface area contributed by atoms with Gasteiger partial charge in [-0.05, 0) is 48.9 Å². The summed E-state index contributed by atoms with van der Waals surface area (Å²) in [6.07, 6.45) is 4.04. The third-order valence-electron chi connectivity index (χ3n) is 4.75. The summed E-state index contributed by atoms with van der Waals surface area (Å²) in [5, 5.41) is 12.1. The Morgan fingerprint density at radius 3 is 2.82 bits per heavy atom. The number of fused-ring (bicyclic) bond motifs is 1. The fraction of sp³-hybridized carbons (Fsp3) is 0.0833. The van der Waals surface area contributed by atoms with Crippen LogP contribution in [0.25, 0.3) is 11.7 Å². The minimum absolute atomic E-state index is 0.0532. The number of carbonyl (C=O) groups is 1. The van der Waals surface area contributed by atoms with E-state index in [2.05, 4.69) is 10.3 Å². The van der Waals surface area contributed by atoms with Crippen LogP contribution < -0.4 is 15.6 Å². The van der Waals surface area contributed by atoms with Gasteiger partial charge in [-0.3, -0.25) is 14.0 Å². The highest BCUT2D eigenvalue weighted by Crippen LogP contribution is 2.26. The quantitative estimate of drug-likeness (QED) is 0.358. The fourth-order valence-corrected chi connectivity index (χ4v) is 3.09. The van der Waals surface area contributed by atoms with Crippen LogP contribution in [0.3, 0.4) is 0 Å². The Morgan fingerprint density at radius 2 is 2.09 bits per heavy atom. The number of amides is 1. The van der Waals surface area contributed by atoms with E-state index in [0.29, 0.717) is 17.0 Å². The molecular formula is C24H17FN4O4. The van der Waals surface area contributed by atoms with Gasteiger partial charge in [-0.1, -0.05) is 18.2 Å². The van der Waals surface area contributed by atoms with Gasteiger partial charge in [0.1, 0.15) is 28.6 Å². The Kier molecular flexibility index (Phi) is 6.00. The van der Waals surface area contributed by atoms with Crippen molar-refractivity contribution in [2.24, 2.45) is 0 Å². The van der Waals surface area contributed by atoms with E-state index in [-0.39, 0.29) is 29.3 Å². The van der Waals surface area contributed by atoms with E-state index >= 15 is 0 Å². The molecule has 4 aromatic rings. The first kappa shape index (κ1) is 21.5. The fourth-order valence-electron chi connectivity index (χ4n) is 3.09. The number of nitriles is 1. The predicted molar refractivity (Wildman–Crippen MR) is 117 cm³/mol. The first-order valence-electron chi connectivity index (χ1n) is 9.84. The number of rotatable bonds is 6. The Balaban J connectivity index is 1.81. The van der Waals surface area contributed by atoms with E-state index < -0.39 is 17.3 Å². The van der Waals surface area contributed by atoms with Crippen LogP contribution in [0, 0.1) is 24.1 Å². The molecule has 4 rings (SSSR count). The third kappa shape index (κ3) is 4.50. The molecule has 33 heavy (non-hydrogen) atoms. The molecule has 1 amide bonds. The molecule has 0 unspecified atom stereocenters. The number of hydrogen-bond acceptors (Lipinski definition) is 6. The van der Waals surface area contributed by atoms with Gasteiger partial charge in [-0.15, -0.1) is 0 Å². The van der Waals surface area contributed by atoms with Gasteiger partial charge in [0.2, 0.25) is 5.88 Å². The van der Waals surface area contributed by atoms with Crippen LogP contribution in [0.15, 0.2) is 75.8 Å². The highest BCUT2D eigenvalue weighted by Gasteiger charge is 2.19. The smallest absolute Gasteiger partial charge is 0.269 e. The number of nitrogens with zero attached hydrogens (tertiary/aromatic N) is 3. The maximum Gasteiger partial charge on any atom is 0.269 e. The number of para-hydroxylation sites is 1. The lowest BCUT2D eigenvalue weighted by molar-refractivity contribution is -0.117. The molecule has 1 N–H and O–H groups in total. The summed E-state index contributed by atoms with van der Waals surface area (Å²) < 4.78 is 26.3. The largest absolute Gasteiger partial charge is 0.467 e. The maximum atomic E-state index is 14.2. The summed E-state index contributed by atoms with van der Waals surface area (Å²) in [6, 6.07) is 14.2. The van der Waals surface area contributed by atoms with Crippen molar-refractivity contribution in [3.8, 4) is 17.7 Å². The van der Waals surface area contributed by atoms with Gasteiger partial charge in [0.25, 0.3) is 11.5 Å². The average molecular weight is 444 g/mol. The van der Waals surface area contributed by atoms with Gasteiger partial charge < -0.3 is 14.5 Å². The van der Waals surface area contributed by atoms with Crippen LogP contribution in [-0.2, 0) is 11.3 Å². The zero-order chi connectivity index (χ0) is 23.4. The number of halogens is 1. The van der Waals surface area contributed by atoms with Crippen LogP contribution in [-0.4, -0.2) is 15.3 Å². The SMILES string of the molecule is Cc1cccn2c(=O)c(C=C(C#N)C(=O)NCc3ccco3)c(Oc3ccccc3F)nc12. The number of benzene rings is 1. The van der Waals surface area contributed by atoms with Crippen molar-refractivity contribution < 1.29 is 18.3 Å². The molecule has 0 radical (unpaired) electrons. The molecule has 9 heteroatoms. The van der Waals surface area contributed by atoms with Crippen molar-refractivity contribution in [1.29, 1.82) is 5.26 Å². The molecule has 0 fully saturated rings. The topological polar surface area (TPSA) is 110 Å². The Morgan fingerprint density at radius 1 is 1.27 bits per heavy atom. The van der Waals surface area contributed by atoms with Gasteiger partial charge in [0.05, 0.1) is 12.8 Å². The average Bonchev–Trinajstić information content (AvgIpc) is 3.33. The van der Waals surface area contributed by atoms with Crippen molar-refractivity contribution in [3.63, 3.8) is 0 Å². The lowest BCUT2D eigenvalue weighted by atomic mass is 10.1. The maximum absolute atomic E-state index is 14.2. The van der Waals surface area contributed by atoms with Gasteiger partial charge in [0, 0.05) is 6.20 Å². The monoisotopic (exact) mass is 444 g/mol. The molecule has 0 saturated carbocycles. The normalized spacial score (nSPS) is 11.2. The number of hydrogen-bond donors (Lipinski definition) is 1. The van der Waals surface area contributed by atoms with Crippen molar-refractivity contribution in [2.45, 2.75) is 13.5 Å². The number of pyridine rings is 1. The number of nitrogens with one attached hydrogen (secondary N) is 1. The second-order valence-electron chi connectivity index (χ2n) is 6.98. The van der Waals surface area contributed by atoms with E-state index in [1.54, 1.807) is 43.3 Å². The van der Waals surface area contributed by atoms with Gasteiger partial charge in [0.15, 0.2) is 11.6 Å². The van der Waals surface area contributed by atoms with Gasteiger partial charge in [-0.2, -0.15) is 10.2 Å². The summed E-state index contributed by atoms with van der Waals surface area (Å²) in [5.41, 5.74) is -0.133. The van der Waals surface area contributed by atoms with Crippen molar-refractivity contribution >= 4 is 17.6 Å². The summed E-state index contributed by atoms with van der Waals surface area (Å²) in [7, 11) is 0. The molecule has 3 heterocycles. The molecule has 0 spiro atoms. The number of ether oxygens (including phenoxy) is 1. The second kappa shape index (κ2) is 9.20. The lowest BCUT2D eigenvalue weighted by Crippen LogP contribution is -2.25. The van der Waals surface area contributed by atoms with Crippen LogP contribution >= 0.6 is 0 Å². The highest BCUT2D eigenvalue weighted by molar-refractivity contribution is 6.01. The number of aryl methyl sites for hydroxylation is 1. The summed E-state index contributed by atoms with van der Waals surface area (Å²) >= 11 is 0. The van der Waals surface area contributed by atoms with E-state index in [9.17, 15) is 19.2 Å². The predicted octanol–water partition coefficient (Wildman–Crippen LogP) is 3.75. The van der Waals surface area contributed by atoms with Crippen molar-refractivity contribution in [2.75, 3.05) is 0 Å². The minimum atomic E-state index is -0.723. The Labute approximate surface area is 187 Å². The zero-order valence-electron chi connectivity index (χ0n) is 17.4. The molecule has 0 aliphatic carbocycles. The van der Waals surface area contributed by atoms with E-state index in [0.717, 1.165) is 6.08 Å². The molecule has 1 aromatic carbocycles. The van der Waals surface area contributed by atoms with Crippen LogP contribution in [0.2, 0.25) is 0 Å². The first-order valence-corrected chi connectivity index (χ1v) is 9.84. The van der Waals surface area contributed by atoms with Crippen molar-refractivity contribution in [3.05, 3.63) is 99.6 Å². The van der Waals surface area contributed by atoms with E-state index in [1.807, 2.05) is 0 Å². The van der Waals surface area contributed by atoms with Crippen LogP contribution in [0.4, 0.5) is 4.39 Å². The molecule has 3 aromatic heterocycles. The highest BCUT2D eigenvalue weighted by atomic mass is 19.1. The standard InChI is InChI=1S/C24H17FN4O4/c1-15-6-4-10-29-21(15)28-23(33-20-9-3-2-8-19(20)25)18(24(29)31)12-16(13-26)22(30)27-14-17-7-5-11-32-17/h2-12H,14H2,1H3,(H,27,30). The van der Waals surface area contributed by atoms with E-state index in [4.69, 9.17) is 9.15 Å². The first-order chi connectivity index (χ1) is 16.0. The van der Waals surface area contributed by atoms with Crippen molar-refractivity contribution in [1.82, 2.24) is 14.7 Å². The molecule has 164 valence electrons. The summed E-state index contributed by atoms with van der Waals surface area (Å²) in [5.74, 6) is -1.27. The van der Waals surface area contributed by atoms with Gasteiger partial charge in [-0.25, -0.2) is 4.39 Å². The Bertz CT molecular complexity index is 1470. The number of carbonyl (C=O) groups excluding carboxylic acids is 1. The number of aromatic nitrogens is 2. The van der Waals surface area contributed by atoms with E-state index in [1.165, 1.54) is 35.1 Å². The zero-order valence-corrected chi connectivity index (χ0v) is 17.4. The molecule has 8 nitrogen and oxygen atoms in total. The molecule has 0 atom stereocenters. The molecular weight excluding hydrogens is 427 g/mol. The van der Waals surface area contributed by atoms with Gasteiger partial charge >= 0.3 is 0 Å².